The fourth-order valence-electron chi connectivity index (χ4n) is 3.64. The minimum absolute atomic E-state index is 0.113. The molecule has 4 rings (SSSR count). The lowest BCUT2D eigenvalue weighted by Crippen LogP contribution is -2.36. The van der Waals surface area contributed by atoms with Gasteiger partial charge in [0.05, 0.1) is 0 Å². The Bertz CT molecular complexity index is 1100. The molecule has 2 aromatic heterocycles. The molecule has 3 heterocycles. The molecule has 0 saturated heterocycles. The van der Waals surface area contributed by atoms with Crippen molar-refractivity contribution in [1.29, 1.82) is 0 Å². The van der Waals surface area contributed by atoms with E-state index in [0.717, 1.165) is 33.4 Å². The fourth-order valence-corrected chi connectivity index (χ4v) is 3.64. The van der Waals surface area contributed by atoms with E-state index in [4.69, 9.17) is 5.11 Å². The summed E-state index contributed by atoms with van der Waals surface area (Å²) < 4.78 is 0. The molecule has 0 atom stereocenters. The van der Waals surface area contributed by atoms with Gasteiger partial charge in [0.1, 0.15) is 12.3 Å². The van der Waals surface area contributed by atoms with E-state index in [1.165, 1.54) is 0 Å². The number of carbonyl (C=O) groups excluding carboxylic acids is 2. The lowest BCUT2D eigenvalue weighted by Gasteiger charge is -2.25. The van der Waals surface area contributed by atoms with Crippen LogP contribution in [0.5, 0.6) is 0 Å². The van der Waals surface area contributed by atoms with E-state index in [2.05, 4.69) is 21.4 Å². The van der Waals surface area contributed by atoms with Gasteiger partial charge in [-0.3, -0.25) is 9.59 Å². The topological polar surface area (TPSA) is 98.3 Å². The lowest BCUT2D eigenvalue weighted by molar-refractivity contribution is -0.133. The van der Waals surface area contributed by atoms with Crippen LogP contribution in [0.2, 0.25) is 0 Å². The number of H-pyrrole nitrogens is 1. The molecule has 0 fully saturated rings. The second-order valence-corrected chi connectivity index (χ2v) is 6.94. The van der Waals surface area contributed by atoms with Crippen molar-refractivity contribution in [2.75, 3.05) is 26.7 Å². The van der Waals surface area contributed by atoms with E-state index in [1.54, 1.807) is 18.1 Å². The van der Waals surface area contributed by atoms with E-state index >= 15 is 0 Å². The number of nitrogens with zero attached hydrogens (tertiary/aromatic N) is 2. The van der Waals surface area contributed by atoms with Gasteiger partial charge < -0.3 is 20.3 Å². The number of hydrogen-bond donors (Lipinski definition) is 3. The number of aliphatic hydroxyl groups excluding tert-OH is 1. The maximum absolute atomic E-state index is 11.8. The van der Waals surface area contributed by atoms with E-state index in [1.807, 2.05) is 36.4 Å². The van der Waals surface area contributed by atoms with Gasteiger partial charge in [0.2, 0.25) is 5.91 Å². The van der Waals surface area contributed by atoms with Crippen LogP contribution in [0, 0.1) is 0 Å². The number of hydrogen-bond acceptors (Lipinski definition) is 4. The number of aliphatic hydroxyl groups is 1. The molecule has 0 spiro atoms. The summed E-state index contributed by atoms with van der Waals surface area (Å²) in [5.41, 5.74) is 5.57. The molecule has 3 N–H and O–H groups in total. The third-order valence-electron chi connectivity index (χ3n) is 5.26. The number of rotatable bonds is 4. The number of fused-ring (bicyclic) bond motifs is 1. The first-order chi connectivity index (χ1) is 14.1. The van der Waals surface area contributed by atoms with Gasteiger partial charge in [-0.1, -0.05) is 18.2 Å². The van der Waals surface area contributed by atoms with Gasteiger partial charge >= 0.3 is 0 Å². The molecule has 3 aromatic rings. The minimum Gasteiger partial charge on any atom is -0.387 e. The summed E-state index contributed by atoms with van der Waals surface area (Å²) in [7, 11) is 1.61. The quantitative estimate of drug-likeness (QED) is 0.636. The maximum Gasteiger partial charge on any atom is 0.251 e. The molecule has 7 nitrogen and oxygen atoms in total. The van der Waals surface area contributed by atoms with Crippen LogP contribution in [-0.2, 0) is 4.79 Å². The SMILES string of the molecule is CNC(=O)c1ccc(-c2ccnc3[nH]c(C4=CCN(C(=O)CO)CC4)cc23)cc1. The van der Waals surface area contributed by atoms with Gasteiger partial charge in [0.15, 0.2) is 0 Å². The molecule has 1 aliphatic rings. The van der Waals surface area contributed by atoms with Crippen LogP contribution in [0.25, 0.3) is 27.7 Å². The average Bonchev–Trinajstić information content (AvgIpc) is 3.22. The van der Waals surface area contributed by atoms with Crippen LogP contribution in [0.3, 0.4) is 0 Å². The second kappa shape index (κ2) is 7.89. The Labute approximate surface area is 168 Å². The van der Waals surface area contributed by atoms with Gasteiger partial charge in [-0.2, -0.15) is 0 Å². The highest BCUT2D eigenvalue weighted by atomic mass is 16.3. The Morgan fingerprint density at radius 2 is 2.03 bits per heavy atom. The minimum atomic E-state index is -0.457. The summed E-state index contributed by atoms with van der Waals surface area (Å²) >= 11 is 0. The Hall–Kier alpha value is -3.45. The average molecular weight is 390 g/mol. The first kappa shape index (κ1) is 18.9. The summed E-state index contributed by atoms with van der Waals surface area (Å²) in [4.78, 5) is 32.9. The lowest BCUT2D eigenvalue weighted by atomic mass is 10.0. The molecule has 0 bridgehead atoms. The van der Waals surface area contributed by atoms with Crippen molar-refractivity contribution in [3.8, 4) is 11.1 Å². The van der Waals surface area contributed by atoms with Crippen molar-refractivity contribution < 1.29 is 14.7 Å². The molecule has 148 valence electrons. The van der Waals surface area contributed by atoms with Crippen molar-refractivity contribution >= 4 is 28.4 Å². The summed E-state index contributed by atoms with van der Waals surface area (Å²) in [6.45, 7) is 0.620. The zero-order chi connectivity index (χ0) is 20.4. The van der Waals surface area contributed by atoms with Crippen LogP contribution in [0.4, 0.5) is 0 Å². The number of pyridine rings is 1. The number of aromatic amines is 1. The Balaban J connectivity index is 1.65. The van der Waals surface area contributed by atoms with Crippen molar-refractivity contribution in [1.82, 2.24) is 20.2 Å². The van der Waals surface area contributed by atoms with Crippen LogP contribution < -0.4 is 5.32 Å². The molecule has 0 unspecified atom stereocenters. The Kier molecular flexibility index (Phi) is 5.14. The Morgan fingerprint density at radius 1 is 1.24 bits per heavy atom. The van der Waals surface area contributed by atoms with Crippen molar-refractivity contribution in [2.24, 2.45) is 0 Å². The first-order valence-corrected chi connectivity index (χ1v) is 9.49. The number of benzene rings is 1. The van der Waals surface area contributed by atoms with E-state index in [-0.39, 0.29) is 11.8 Å². The van der Waals surface area contributed by atoms with Gasteiger partial charge in [0.25, 0.3) is 5.91 Å². The standard InChI is InChI=1S/C22H22N4O3/c1-23-22(29)16-4-2-14(3-5-16)17-6-9-24-21-18(17)12-19(25-21)15-7-10-26(11-8-15)20(28)13-27/h2-7,9,12,27H,8,10-11,13H2,1H3,(H,23,29)(H,24,25). The highest BCUT2D eigenvalue weighted by Gasteiger charge is 2.19. The van der Waals surface area contributed by atoms with Crippen molar-refractivity contribution in [2.45, 2.75) is 6.42 Å². The fraction of sp³-hybridized carbons (Fsp3) is 0.227. The monoisotopic (exact) mass is 390 g/mol. The third-order valence-corrected chi connectivity index (χ3v) is 5.26. The predicted molar refractivity (Wildman–Crippen MR) is 111 cm³/mol. The number of nitrogens with one attached hydrogen (secondary N) is 2. The van der Waals surface area contributed by atoms with Gasteiger partial charge in [-0.15, -0.1) is 0 Å². The normalized spacial score (nSPS) is 14.0. The summed E-state index contributed by atoms with van der Waals surface area (Å²) in [6.07, 6.45) is 4.50. The van der Waals surface area contributed by atoms with E-state index in [0.29, 0.717) is 25.1 Å². The van der Waals surface area contributed by atoms with E-state index in [9.17, 15) is 9.59 Å². The molecule has 0 saturated carbocycles. The van der Waals surface area contributed by atoms with Crippen LogP contribution >= 0.6 is 0 Å². The molecule has 1 aliphatic heterocycles. The van der Waals surface area contributed by atoms with E-state index < -0.39 is 6.61 Å². The number of aromatic nitrogens is 2. The molecule has 1 aromatic carbocycles. The van der Waals surface area contributed by atoms with Crippen LogP contribution in [0.15, 0.2) is 48.7 Å². The van der Waals surface area contributed by atoms with Gasteiger partial charge in [-0.05, 0) is 47.4 Å². The number of carbonyl (C=O) groups is 2. The molecule has 2 amide bonds. The first-order valence-electron chi connectivity index (χ1n) is 9.49. The highest BCUT2D eigenvalue weighted by molar-refractivity contribution is 5.97. The van der Waals surface area contributed by atoms with Crippen LogP contribution in [-0.4, -0.2) is 58.5 Å². The summed E-state index contributed by atoms with van der Waals surface area (Å²) in [5, 5.41) is 12.6. The zero-order valence-corrected chi connectivity index (χ0v) is 16.1. The molecule has 29 heavy (non-hydrogen) atoms. The molecular formula is C22H22N4O3. The third kappa shape index (κ3) is 3.64. The molecular weight excluding hydrogens is 368 g/mol. The predicted octanol–water partition coefficient (Wildman–Crippen LogP) is 2.20. The molecule has 0 radical (unpaired) electrons. The largest absolute Gasteiger partial charge is 0.387 e. The van der Waals surface area contributed by atoms with Gasteiger partial charge in [-0.25, -0.2) is 4.98 Å². The zero-order valence-electron chi connectivity index (χ0n) is 16.1. The smallest absolute Gasteiger partial charge is 0.251 e. The highest BCUT2D eigenvalue weighted by Crippen LogP contribution is 2.31. The number of amides is 2. The molecule has 0 aliphatic carbocycles. The summed E-state index contributed by atoms with van der Waals surface area (Å²) in [5.74, 6) is -0.362. The Morgan fingerprint density at radius 3 is 2.69 bits per heavy atom. The molecule has 7 heteroatoms. The van der Waals surface area contributed by atoms with Crippen molar-refractivity contribution in [3.05, 3.63) is 59.9 Å². The maximum atomic E-state index is 11.8. The van der Waals surface area contributed by atoms with Crippen LogP contribution in [0.1, 0.15) is 22.5 Å². The second-order valence-electron chi connectivity index (χ2n) is 6.94. The summed E-state index contributed by atoms with van der Waals surface area (Å²) in [6, 6.07) is 11.5. The van der Waals surface area contributed by atoms with Gasteiger partial charge in [0, 0.05) is 43.0 Å². The van der Waals surface area contributed by atoms with Crippen molar-refractivity contribution in [3.63, 3.8) is 0 Å².